The summed E-state index contributed by atoms with van der Waals surface area (Å²) in [5.41, 5.74) is -0.810. The summed E-state index contributed by atoms with van der Waals surface area (Å²) >= 11 is 1.62. The van der Waals surface area contributed by atoms with Crippen molar-refractivity contribution in [1.29, 1.82) is 0 Å². The lowest BCUT2D eigenvalue weighted by Gasteiger charge is -2.34. The van der Waals surface area contributed by atoms with Gasteiger partial charge in [0.15, 0.2) is 6.61 Å². The van der Waals surface area contributed by atoms with Crippen molar-refractivity contribution < 1.29 is 27.4 Å². The molecule has 0 radical (unpaired) electrons. The van der Waals surface area contributed by atoms with E-state index in [4.69, 9.17) is 9.47 Å². The minimum Gasteiger partial charge on any atom is -0.484 e. The number of carbonyl (C=O) groups is 1. The Bertz CT molecular complexity index is 762. The molecule has 1 fully saturated rings. The molecule has 28 heavy (non-hydrogen) atoms. The molecular weight excluding hydrogens is 393 g/mol. The molecule has 1 atom stereocenters. The average molecular weight is 414 g/mol. The van der Waals surface area contributed by atoms with Gasteiger partial charge in [0, 0.05) is 24.5 Å². The molecule has 0 unspecified atom stereocenters. The number of alkyl halides is 3. The van der Waals surface area contributed by atoms with Gasteiger partial charge in [-0.15, -0.1) is 11.3 Å². The molecular formula is C19H21F3N2O3S. The maximum absolute atomic E-state index is 12.7. The fourth-order valence-electron chi connectivity index (χ4n) is 2.95. The van der Waals surface area contributed by atoms with Gasteiger partial charge < -0.3 is 14.8 Å². The molecule has 2 aromatic rings. The second-order valence-electron chi connectivity index (χ2n) is 6.30. The monoisotopic (exact) mass is 414 g/mol. The molecule has 0 spiro atoms. The van der Waals surface area contributed by atoms with E-state index < -0.39 is 11.7 Å². The quantitative estimate of drug-likeness (QED) is 0.755. The van der Waals surface area contributed by atoms with E-state index in [9.17, 15) is 18.0 Å². The number of nitrogens with one attached hydrogen (secondary N) is 1. The van der Waals surface area contributed by atoms with Crippen molar-refractivity contribution in [2.45, 2.75) is 12.2 Å². The van der Waals surface area contributed by atoms with Gasteiger partial charge in [0.2, 0.25) is 0 Å². The predicted molar refractivity (Wildman–Crippen MR) is 99.4 cm³/mol. The third kappa shape index (κ3) is 5.70. The SMILES string of the molecule is O=C(COc1cccc(C(F)(F)F)c1)NC[C@H](c1cccs1)N1CCOCC1. The van der Waals surface area contributed by atoms with E-state index in [1.54, 1.807) is 11.3 Å². The summed E-state index contributed by atoms with van der Waals surface area (Å²) in [6.07, 6.45) is -4.45. The van der Waals surface area contributed by atoms with Gasteiger partial charge in [0.25, 0.3) is 5.91 Å². The number of nitrogens with zero attached hydrogens (tertiary/aromatic N) is 1. The Labute approximate surface area is 165 Å². The van der Waals surface area contributed by atoms with Crippen LogP contribution in [0.15, 0.2) is 41.8 Å². The van der Waals surface area contributed by atoms with Crippen LogP contribution in [0.5, 0.6) is 5.75 Å². The smallest absolute Gasteiger partial charge is 0.416 e. The molecule has 1 N–H and O–H groups in total. The van der Waals surface area contributed by atoms with E-state index in [1.807, 2.05) is 17.5 Å². The molecule has 1 aromatic carbocycles. The van der Waals surface area contributed by atoms with Crippen molar-refractivity contribution in [1.82, 2.24) is 10.2 Å². The molecule has 5 nitrogen and oxygen atoms in total. The van der Waals surface area contributed by atoms with Gasteiger partial charge in [-0.3, -0.25) is 9.69 Å². The summed E-state index contributed by atoms with van der Waals surface area (Å²) in [6.45, 7) is 2.90. The van der Waals surface area contributed by atoms with Crippen molar-refractivity contribution in [3.63, 3.8) is 0 Å². The fraction of sp³-hybridized carbons (Fsp3) is 0.421. The van der Waals surface area contributed by atoms with E-state index >= 15 is 0 Å². The van der Waals surface area contributed by atoms with Gasteiger partial charge in [-0.1, -0.05) is 12.1 Å². The van der Waals surface area contributed by atoms with Crippen molar-refractivity contribution in [3.05, 3.63) is 52.2 Å². The van der Waals surface area contributed by atoms with Gasteiger partial charge in [0.1, 0.15) is 5.75 Å². The normalized spacial score (nSPS) is 16.5. The molecule has 9 heteroatoms. The van der Waals surface area contributed by atoms with E-state index in [-0.39, 0.29) is 24.3 Å². The first-order valence-corrected chi connectivity index (χ1v) is 9.73. The first-order chi connectivity index (χ1) is 13.4. The third-order valence-electron chi connectivity index (χ3n) is 4.38. The highest BCUT2D eigenvalue weighted by molar-refractivity contribution is 7.10. The van der Waals surface area contributed by atoms with Crippen molar-refractivity contribution in [3.8, 4) is 5.75 Å². The van der Waals surface area contributed by atoms with Crippen LogP contribution in [0.2, 0.25) is 0 Å². The highest BCUT2D eigenvalue weighted by Gasteiger charge is 2.30. The van der Waals surface area contributed by atoms with Crippen LogP contribution in [0.1, 0.15) is 16.5 Å². The van der Waals surface area contributed by atoms with Crippen LogP contribution in [-0.2, 0) is 15.7 Å². The van der Waals surface area contributed by atoms with E-state index in [2.05, 4.69) is 10.2 Å². The van der Waals surface area contributed by atoms with Crippen LogP contribution in [0, 0.1) is 0 Å². The Balaban J connectivity index is 1.53. The maximum Gasteiger partial charge on any atom is 0.416 e. The van der Waals surface area contributed by atoms with E-state index in [1.165, 1.54) is 12.1 Å². The molecule has 0 saturated carbocycles. The van der Waals surface area contributed by atoms with Crippen molar-refractivity contribution in [2.24, 2.45) is 0 Å². The highest BCUT2D eigenvalue weighted by atomic mass is 32.1. The number of carbonyl (C=O) groups excluding carboxylic acids is 1. The van der Waals surface area contributed by atoms with Gasteiger partial charge >= 0.3 is 6.18 Å². The number of thiophene rings is 1. The highest BCUT2D eigenvalue weighted by Crippen LogP contribution is 2.31. The van der Waals surface area contributed by atoms with Crippen molar-refractivity contribution in [2.75, 3.05) is 39.5 Å². The zero-order valence-corrected chi connectivity index (χ0v) is 15.9. The number of halogens is 3. The van der Waals surface area contributed by atoms with Gasteiger partial charge in [0.05, 0.1) is 24.8 Å². The molecule has 0 bridgehead atoms. The van der Waals surface area contributed by atoms with Crippen LogP contribution in [0.3, 0.4) is 0 Å². The number of benzene rings is 1. The second kappa shape index (κ2) is 9.40. The summed E-state index contributed by atoms with van der Waals surface area (Å²) in [6, 6.07) is 8.51. The molecule has 152 valence electrons. The Morgan fingerprint density at radius 2 is 2.04 bits per heavy atom. The zero-order valence-electron chi connectivity index (χ0n) is 15.1. The number of hydrogen-bond donors (Lipinski definition) is 1. The Morgan fingerprint density at radius 1 is 1.25 bits per heavy atom. The second-order valence-corrected chi connectivity index (χ2v) is 7.28. The minimum atomic E-state index is -4.45. The zero-order chi connectivity index (χ0) is 20.0. The summed E-state index contributed by atoms with van der Waals surface area (Å²) in [4.78, 5) is 15.5. The van der Waals surface area contributed by atoms with Crippen molar-refractivity contribution >= 4 is 17.2 Å². The van der Waals surface area contributed by atoms with E-state index in [0.29, 0.717) is 19.8 Å². The molecule has 1 aromatic heterocycles. The Kier molecular flexibility index (Phi) is 6.93. The maximum atomic E-state index is 12.7. The molecule has 1 saturated heterocycles. The summed E-state index contributed by atoms with van der Waals surface area (Å²) in [7, 11) is 0. The van der Waals surface area contributed by atoms with Gasteiger partial charge in [-0.2, -0.15) is 13.2 Å². The average Bonchev–Trinajstić information content (AvgIpc) is 3.21. The van der Waals surface area contributed by atoms with Gasteiger partial charge in [-0.25, -0.2) is 0 Å². The lowest BCUT2D eigenvalue weighted by atomic mass is 10.2. The number of amides is 1. The predicted octanol–water partition coefficient (Wildman–Crippen LogP) is 3.34. The topological polar surface area (TPSA) is 50.8 Å². The number of rotatable bonds is 7. The van der Waals surface area contributed by atoms with Crippen LogP contribution >= 0.6 is 11.3 Å². The molecule has 1 amide bonds. The minimum absolute atomic E-state index is 0.00737. The summed E-state index contributed by atoms with van der Waals surface area (Å²) < 4.78 is 48.8. The number of hydrogen-bond acceptors (Lipinski definition) is 5. The molecule has 1 aliphatic rings. The van der Waals surface area contributed by atoms with Crippen LogP contribution in [0.4, 0.5) is 13.2 Å². The first-order valence-electron chi connectivity index (χ1n) is 8.85. The van der Waals surface area contributed by atoms with Crippen LogP contribution in [0.25, 0.3) is 0 Å². The fourth-order valence-corrected chi connectivity index (χ4v) is 3.81. The molecule has 2 heterocycles. The Hall–Kier alpha value is -2.10. The summed E-state index contributed by atoms with van der Waals surface area (Å²) in [5.74, 6) is -0.375. The first kappa shape index (κ1) is 20.6. The van der Waals surface area contributed by atoms with Gasteiger partial charge in [-0.05, 0) is 29.6 Å². The standard InChI is InChI=1S/C19H21F3N2O3S/c20-19(21,22)14-3-1-4-15(11-14)27-13-18(25)23-12-16(17-5-2-10-28-17)24-6-8-26-9-7-24/h1-5,10-11,16H,6-9,12-13H2,(H,23,25)/t16-/m1/s1. The number of morpholine rings is 1. The molecule has 3 rings (SSSR count). The molecule has 0 aliphatic carbocycles. The third-order valence-corrected chi connectivity index (χ3v) is 5.36. The van der Waals surface area contributed by atoms with Crippen LogP contribution in [-0.4, -0.2) is 50.3 Å². The van der Waals surface area contributed by atoms with E-state index in [0.717, 1.165) is 30.1 Å². The lowest BCUT2D eigenvalue weighted by Crippen LogP contribution is -2.44. The largest absolute Gasteiger partial charge is 0.484 e. The lowest BCUT2D eigenvalue weighted by molar-refractivity contribution is -0.137. The summed E-state index contributed by atoms with van der Waals surface area (Å²) in [5, 5.41) is 4.81. The van der Waals surface area contributed by atoms with Crippen LogP contribution < -0.4 is 10.1 Å². The Morgan fingerprint density at radius 3 is 2.71 bits per heavy atom. The number of ether oxygens (including phenoxy) is 2. The molecule has 1 aliphatic heterocycles.